The third-order valence-corrected chi connectivity index (χ3v) is 1.62. The van der Waals surface area contributed by atoms with Gasteiger partial charge in [0, 0.05) is 0 Å². The van der Waals surface area contributed by atoms with Crippen molar-refractivity contribution >= 4 is 14.4 Å². The van der Waals surface area contributed by atoms with Crippen LogP contribution in [0.4, 0.5) is 0 Å². The summed E-state index contributed by atoms with van der Waals surface area (Å²) >= 11 is 0. The van der Waals surface area contributed by atoms with Crippen LogP contribution in [0.2, 0.25) is 19.6 Å². The Labute approximate surface area is 55.9 Å². The fourth-order valence-corrected chi connectivity index (χ4v) is 0.704. The molecule has 9 heavy (non-hydrogen) atoms. The van der Waals surface area contributed by atoms with Gasteiger partial charge in [-0.15, -0.1) is 0 Å². The summed E-state index contributed by atoms with van der Waals surface area (Å²) in [7, 11) is -1.47. The lowest BCUT2D eigenvalue weighted by Crippen LogP contribution is -2.25. The highest BCUT2D eigenvalue weighted by atomic mass is 28.4. The van der Waals surface area contributed by atoms with Crippen molar-refractivity contribution in [2.45, 2.75) is 19.6 Å². The van der Waals surface area contributed by atoms with E-state index in [4.69, 9.17) is 4.43 Å². The van der Waals surface area contributed by atoms with Crippen molar-refractivity contribution in [2.75, 3.05) is 6.73 Å². The highest BCUT2D eigenvalue weighted by molar-refractivity contribution is 6.69. The predicted molar refractivity (Wildman–Crippen MR) is 37.4 cm³/mol. The molecule has 0 rings (SSSR count). The van der Waals surface area contributed by atoms with Crippen LogP contribution in [-0.4, -0.2) is 21.1 Å². The Kier molecular flexibility index (Phi) is 3.38. The maximum absolute atomic E-state index is 9.53. The molecule has 0 aliphatic rings. The molecule has 0 radical (unpaired) electrons. The van der Waals surface area contributed by atoms with Crippen LogP contribution in [0.5, 0.6) is 0 Å². The third-order valence-electron chi connectivity index (χ3n) is 0.627. The standard InChI is InChI=1S/C5H11NO2Si/c1-9(2,3)8-5-6-4-7/h5H2,1-3H3. The van der Waals surface area contributed by atoms with E-state index in [9.17, 15) is 4.79 Å². The average Bonchev–Trinajstić information content (AvgIpc) is 1.63. The molecule has 3 nitrogen and oxygen atoms in total. The lowest BCUT2D eigenvalue weighted by molar-refractivity contribution is 0.324. The molecule has 0 aliphatic carbocycles. The van der Waals surface area contributed by atoms with E-state index in [1.807, 2.05) is 19.6 Å². The van der Waals surface area contributed by atoms with Crippen molar-refractivity contribution in [3.8, 4) is 0 Å². The van der Waals surface area contributed by atoms with Gasteiger partial charge in [-0.2, -0.15) is 4.99 Å². The highest BCUT2D eigenvalue weighted by Crippen LogP contribution is 2.00. The first kappa shape index (κ1) is 8.56. The molecule has 0 aliphatic heterocycles. The number of carbonyl (C=O) groups excluding carboxylic acids is 1. The molecule has 0 unspecified atom stereocenters. The molecule has 0 heterocycles. The minimum Gasteiger partial charge on any atom is -0.398 e. The molecule has 0 N–H and O–H groups in total. The Morgan fingerprint density at radius 3 is 2.44 bits per heavy atom. The summed E-state index contributed by atoms with van der Waals surface area (Å²) in [4.78, 5) is 12.8. The van der Waals surface area contributed by atoms with Gasteiger partial charge in [0.05, 0.1) is 0 Å². The number of aliphatic imine (C=N–C) groups is 1. The van der Waals surface area contributed by atoms with E-state index >= 15 is 0 Å². The maximum atomic E-state index is 9.53. The van der Waals surface area contributed by atoms with Gasteiger partial charge in [0.25, 0.3) is 0 Å². The fraction of sp³-hybridized carbons (Fsp3) is 0.800. The van der Waals surface area contributed by atoms with E-state index in [0.29, 0.717) is 0 Å². The van der Waals surface area contributed by atoms with Gasteiger partial charge in [0.2, 0.25) is 6.08 Å². The number of hydrogen-bond donors (Lipinski definition) is 0. The van der Waals surface area contributed by atoms with Crippen LogP contribution < -0.4 is 0 Å². The van der Waals surface area contributed by atoms with Crippen LogP contribution in [0.25, 0.3) is 0 Å². The average molecular weight is 145 g/mol. The Morgan fingerprint density at radius 2 is 2.11 bits per heavy atom. The van der Waals surface area contributed by atoms with Gasteiger partial charge >= 0.3 is 0 Å². The lowest BCUT2D eigenvalue weighted by Gasteiger charge is -2.13. The van der Waals surface area contributed by atoms with Crippen LogP contribution in [0, 0.1) is 0 Å². The van der Waals surface area contributed by atoms with Crippen molar-refractivity contribution in [1.82, 2.24) is 0 Å². The van der Waals surface area contributed by atoms with Crippen molar-refractivity contribution in [2.24, 2.45) is 4.99 Å². The molecule has 0 aromatic heterocycles. The van der Waals surface area contributed by atoms with Crippen LogP contribution in [-0.2, 0) is 9.22 Å². The van der Waals surface area contributed by atoms with Crippen molar-refractivity contribution in [3.63, 3.8) is 0 Å². The van der Waals surface area contributed by atoms with Crippen molar-refractivity contribution in [1.29, 1.82) is 0 Å². The van der Waals surface area contributed by atoms with Gasteiger partial charge in [-0.25, -0.2) is 4.79 Å². The summed E-state index contributed by atoms with van der Waals surface area (Å²) in [6.07, 6.45) is 1.41. The largest absolute Gasteiger partial charge is 0.398 e. The minimum absolute atomic E-state index is 0.166. The Hall–Kier alpha value is -0.443. The van der Waals surface area contributed by atoms with E-state index in [1.165, 1.54) is 6.08 Å². The van der Waals surface area contributed by atoms with Crippen LogP contribution in [0.1, 0.15) is 0 Å². The molecular weight excluding hydrogens is 134 g/mol. The van der Waals surface area contributed by atoms with Crippen molar-refractivity contribution in [3.05, 3.63) is 0 Å². The second kappa shape index (κ2) is 3.56. The zero-order valence-electron chi connectivity index (χ0n) is 5.97. The lowest BCUT2D eigenvalue weighted by atomic mass is 11.3. The molecule has 0 aromatic rings. The first-order valence-corrected chi connectivity index (χ1v) is 6.15. The second-order valence-electron chi connectivity index (χ2n) is 2.64. The molecule has 4 heteroatoms. The summed E-state index contributed by atoms with van der Waals surface area (Å²) in [6.45, 7) is 6.27. The van der Waals surface area contributed by atoms with E-state index in [2.05, 4.69) is 4.99 Å². The zero-order chi connectivity index (χ0) is 7.33. The molecule has 0 atom stereocenters. The van der Waals surface area contributed by atoms with Gasteiger partial charge in [-0.1, -0.05) is 0 Å². The zero-order valence-corrected chi connectivity index (χ0v) is 6.97. The van der Waals surface area contributed by atoms with E-state index in [-0.39, 0.29) is 6.73 Å². The second-order valence-corrected chi connectivity index (χ2v) is 7.15. The summed E-state index contributed by atoms with van der Waals surface area (Å²) in [6, 6.07) is 0. The van der Waals surface area contributed by atoms with Gasteiger partial charge in [0.15, 0.2) is 8.32 Å². The number of rotatable bonds is 3. The fourth-order valence-electron chi connectivity index (χ4n) is 0.252. The Balaban J connectivity index is 3.39. The quantitative estimate of drug-likeness (QED) is 0.339. The topological polar surface area (TPSA) is 38.7 Å². The first-order valence-electron chi connectivity index (χ1n) is 2.74. The molecular formula is C5H11NO2Si. The molecule has 0 fully saturated rings. The molecule has 0 saturated carbocycles. The monoisotopic (exact) mass is 145 g/mol. The maximum Gasteiger partial charge on any atom is 0.237 e. The van der Waals surface area contributed by atoms with Gasteiger partial charge < -0.3 is 4.43 Å². The molecule has 0 spiro atoms. The number of isocyanates is 1. The first-order chi connectivity index (χ1) is 4.06. The molecule has 52 valence electrons. The van der Waals surface area contributed by atoms with Crippen LogP contribution in [0.15, 0.2) is 4.99 Å². The molecule has 0 amide bonds. The number of hydrogen-bond acceptors (Lipinski definition) is 3. The van der Waals surface area contributed by atoms with Gasteiger partial charge in [0.1, 0.15) is 6.73 Å². The normalized spacial score (nSPS) is 10.6. The highest BCUT2D eigenvalue weighted by Gasteiger charge is 2.12. The van der Waals surface area contributed by atoms with Crippen molar-refractivity contribution < 1.29 is 9.22 Å². The molecule has 0 saturated heterocycles. The minimum atomic E-state index is -1.47. The predicted octanol–water partition coefficient (Wildman–Crippen LogP) is 1.13. The van der Waals surface area contributed by atoms with Crippen LogP contribution >= 0.6 is 0 Å². The summed E-state index contributed by atoms with van der Waals surface area (Å²) in [5.74, 6) is 0. The van der Waals surface area contributed by atoms with Crippen LogP contribution in [0.3, 0.4) is 0 Å². The summed E-state index contributed by atoms with van der Waals surface area (Å²) in [5.41, 5.74) is 0. The summed E-state index contributed by atoms with van der Waals surface area (Å²) < 4.78 is 5.18. The number of nitrogens with zero attached hydrogens (tertiary/aromatic N) is 1. The summed E-state index contributed by atoms with van der Waals surface area (Å²) in [5, 5.41) is 0. The van der Waals surface area contributed by atoms with E-state index in [1.54, 1.807) is 0 Å². The third kappa shape index (κ3) is 7.56. The Bertz CT molecular complexity index is 123. The smallest absolute Gasteiger partial charge is 0.237 e. The van der Waals surface area contributed by atoms with E-state index in [0.717, 1.165) is 0 Å². The SMILES string of the molecule is C[Si](C)(C)OCN=C=O. The van der Waals surface area contributed by atoms with Gasteiger partial charge in [-0.05, 0) is 19.6 Å². The Morgan fingerprint density at radius 1 is 1.56 bits per heavy atom. The molecule has 0 bridgehead atoms. The molecule has 0 aromatic carbocycles. The van der Waals surface area contributed by atoms with E-state index < -0.39 is 8.32 Å². The van der Waals surface area contributed by atoms with Gasteiger partial charge in [-0.3, -0.25) is 0 Å².